The maximum atomic E-state index is 12.8. The fourth-order valence-corrected chi connectivity index (χ4v) is 4.60. The quantitative estimate of drug-likeness (QED) is 0.796. The fourth-order valence-electron chi connectivity index (χ4n) is 2.75. The van der Waals surface area contributed by atoms with Crippen LogP contribution in [-0.2, 0) is 15.9 Å². The molecule has 0 bridgehead atoms. The number of benzene rings is 1. The lowest BCUT2D eigenvalue weighted by atomic mass is 10.1. The van der Waals surface area contributed by atoms with Crippen LogP contribution in [-0.4, -0.2) is 49.8 Å². The van der Waals surface area contributed by atoms with Crippen LogP contribution in [0.25, 0.3) is 0 Å². The maximum absolute atomic E-state index is 12.8. The van der Waals surface area contributed by atoms with Crippen LogP contribution in [0.4, 0.5) is 0 Å². The lowest BCUT2D eigenvalue weighted by Gasteiger charge is -2.38. The van der Waals surface area contributed by atoms with Crippen molar-refractivity contribution in [3.05, 3.63) is 29.3 Å². The number of hydrogen-bond acceptors (Lipinski definition) is 3. The first-order valence-corrected chi connectivity index (χ1v) is 9.27. The van der Waals surface area contributed by atoms with Gasteiger partial charge in [-0.05, 0) is 43.7 Å². The number of nitrogens with zero attached hydrogens (tertiary/aromatic N) is 2. The minimum atomic E-state index is -3.43. The van der Waals surface area contributed by atoms with E-state index in [9.17, 15) is 8.42 Å². The normalized spacial score (nSPS) is 21.6. The van der Waals surface area contributed by atoms with Gasteiger partial charge in [0, 0.05) is 31.6 Å². The molecule has 6 heteroatoms. The third kappa shape index (κ3) is 3.42. The van der Waals surface area contributed by atoms with Crippen LogP contribution in [0, 0.1) is 6.92 Å². The lowest BCUT2D eigenvalue weighted by Crippen LogP contribution is -2.53. The predicted molar refractivity (Wildman–Crippen MR) is 86.2 cm³/mol. The Hall–Kier alpha value is -0.620. The zero-order valence-corrected chi connectivity index (χ0v) is 14.4. The molecule has 0 spiro atoms. The van der Waals surface area contributed by atoms with E-state index < -0.39 is 10.0 Å². The molecule has 21 heavy (non-hydrogen) atoms. The average Bonchev–Trinajstić information content (AvgIpc) is 2.47. The van der Waals surface area contributed by atoms with Crippen molar-refractivity contribution in [3.63, 3.8) is 0 Å². The molecule has 1 unspecified atom stereocenters. The van der Waals surface area contributed by atoms with Gasteiger partial charge in [-0.15, -0.1) is 11.6 Å². The highest BCUT2D eigenvalue weighted by molar-refractivity contribution is 7.89. The number of halogens is 1. The van der Waals surface area contributed by atoms with E-state index in [1.165, 1.54) is 0 Å². The van der Waals surface area contributed by atoms with E-state index in [1.54, 1.807) is 16.4 Å². The van der Waals surface area contributed by atoms with Gasteiger partial charge in [0.05, 0.1) is 4.90 Å². The second-order valence-electron chi connectivity index (χ2n) is 5.56. The summed E-state index contributed by atoms with van der Waals surface area (Å²) in [5, 5.41) is 0. The fraction of sp³-hybridized carbons (Fsp3) is 0.600. The Morgan fingerprint density at radius 1 is 1.33 bits per heavy atom. The Kier molecular flexibility index (Phi) is 5.30. The highest BCUT2D eigenvalue weighted by atomic mass is 35.5. The molecule has 2 rings (SSSR count). The molecule has 118 valence electrons. The van der Waals surface area contributed by atoms with Crippen molar-refractivity contribution in [1.82, 2.24) is 9.21 Å². The van der Waals surface area contributed by atoms with Crippen molar-refractivity contribution >= 4 is 21.6 Å². The van der Waals surface area contributed by atoms with Crippen molar-refractivity contribution in [2.75, 3.05) is 26.2 Å². The molecule has 0 aromatic heterocycles. The third-order valence-corrected chi connectivity index (χ3v) is 6.39. The van der Waals surface area contributed by atoms with E-state index in [2.05, 4.69) is 18.7 Å². The molecule has 0 saturated carbocycles. The summed E-state index contributed by atoms with van der Waals surface area (Å²) >= 11 is 5.89. The number of alkyl halides is 1. The number of likely N-dealkylation sites (N-methyl/N-ethyl adjacent to an activating group) is 1. The van der Waals surface area contributed by atoms with E-state index in [0.717, 1.165) is 24.2 Å². The van der Waals surface area contributed by atoms with E-state index in [-0.39, 0.29) is 6.04 Å². The van der Waals surface area contributed by atoms with Crippen molar-refractivity contribution in [2.45, 2.75) is 37.6 Å². The monoisotopic (exact) mass is 330 g/mol. The highest BCUT2D eigenvalue weighted by Crippen LogP contribution is 2.23. The zero-order valence-electron chi connectivity index (χ0n) is 12.8. The number of aryl methyl sites for hydroxylation is 1. The molecule has 0 radical (unpaired) electrons. The Bertz CT molecular complexity index is 604. The van der Waals surface area contributed by atoms with Gasteiger partial charge in [-0.25, -0.2) is 8.42 Å². The number of sulfonamides is 1. The zero-order chi connectivity index (χ0) is 15.6. The minimum Gasteiger partial charge on any atom is -0.298 e. The summed E-state index contributed by atoms with van der Waals surface area (Å²) in [6.45, 7) is 8.94. The van der Waals surface area contributed by atoms with E-state index in [4.69, 9.17) is 11.6 Å². The Labute approximate surface area is 132 Å². The second-order valence-corrected chi connectivity index (χ2v) is 7.77. The van der Waals surface area contributed by atoms with Gasteiger partial charge < -0.3 is 0 Å². The van der Waals surface area contributed by atoms with Crippen LogP contribution in [0.1, 0.15) is 25.0 Å². The molecule has 0 aliphatic carbocycles. The SMILES string of the molecule is CCN1CCN(S(=O)(=O)c2ccc(C)c(CCl)c2)CC1C. The first-order valence-electron chi connectivity index (χ1n) is 7.29. The van der Waals surface area contributed by atoms with Crippen LogP contribution in [0.5, 0.6) is 0 Å². The summed E-state index contributed by atoms with van der Waals surface area (Å²) in [4.78, 5) is 2.65. The van der Waals surface area contributed by atoms with Crippen LogP contribution >= 0.6 is 11.6 Å². The first-order chi connectivity index (χ1) is 9.90. The summed E-state index contributed by atoms with van der Waals surface area (Å²) in [6, 6.07) is 5.46. The van der Waals surface area contributed by atoms with Crippen molar-refractivity contribution in [2.24, 2.45) is 0 Å². The number of piperazine rings is 1. The molecule has 1 aromatic rings. The van der Waals surface area contributed by atoms with Crippen molar-refractivity contribution in [1.29, 1.82) is 0 Å². The van der Waals surface area contributed by atoms with E-state index in [1.807, 2.05) is 13.0 Å². The number of rotatable bonds is 4. The molecule has 1 atom stereocenters. The Morgan fingerprint density at radius 3 is 2.62 bits per heavy atom. The van der Waals surface area contributed by atoms with E-state index in [0.29, 0.717) is 23.9 Å². The summed E-state index contributed by atoms with van der Waals surface area (Å²) in [5.74, 6) is 0.329. The lowest BCUT2D eigenvalue weighted by molar-refractivity contribution is 0.135. The average molecular weight is 331 g/mol. The molecule has 4 nitrogen and oxygen atoms in total. The smallest absolute Gasteiger partial charge is 0.243 e. The first kappa shape index (κ1) is 16.7. The summed E-state index contributed by atoms with van der Waals surface area (Å²) in [7, 11) is -3.43. The van der Waals surface area contributed by atoms with Crippen molar-refractivity contribution in [3.8, 4) is 0 Å². The van der Waals surface area contributed by atoms with Gasteiger partial charge in [0.15, 0.2) is 0 Å². The van der Waals surface area contributed by atoms with Crippen LogP contribution < -0.4 is 0 Å². The molecule has 1 aliphatic heterocycles. The van der Waals surface area contributed by atoms with Gasteiger partial charge in [0.2, 0.25) is 10.0 Å². The summed E-state index contributed by atoms with van der Waals surface area (Å²) in [5.41, 5.74) is 1.89. The van der Waals surface area contributed by atoms with Gasteiger partial charge in [-0.1, -0.05) is 13.0 Å². The molecular weight excluding hydrogens is 308 g/mol. The molecule has 1 aromatic carbocycles. The number of hydrogen-bond donors (Lipinski definition) is 0. The van der Waals surface area contributed by atoms with Gasteiger partial charge >= 0.3 is 0 Å². The predicted octanol–water partition coefficient (Wildman–Crippen LogP) is 2.45. The van der Waals surface area contributed by atoms with Gasteiger partial charge in [-0.2, -0.15) is 4.31 Å². The second kappa shape index (κ2) is 6.65. The molecular formula is C15H23ClN2O2S. The highest BCUT2D eigenvalue weighted by Gasteiger charge is 2.31. The minimum absolute atomic E-state index is 0.247. The van der Waals surface area contributed by atoms with E-state index >= 15 is 0 Å². The Morgan fingerprint density at radius 2 is 2.05 bits per heavy atom. The standard InChI is InChI=1S/C15H23ClN2O2S/c1-4-17-7-8-18(11-13(17)3)21(19,20)15-6-5-12(2)14(9-15)10-16/h5-6,9,13H,4,7-8,10-11H2,1-3H3. The molecule has 1 aliphatic rings. The summed E-state index contributed by atoms with van der Waals surface area (Å²) in [6.07, 6.45) is 0. The van der Waals surface area contributed by atoms with Gasteiger partial charge in [0.25, 0.3) is 0 Å². The van der Waals surface area contributed by atoms with Gasteiger partial charge in [-0.3, -0.25) is 4.90 Å². The van der Waals surface area contributed by atoms with Crippen LogP contribution in [0.3, 0.4) is 0 Å². The molecule has 1 heterocycles. The molecule has 0 N–H and O–H groups in total. The van der Waals surface area contributed by atoms with Crippen molar-refractivity contribution < 1.29 is 8.42 Å². The molecule has 1 saturated heterocycles. The summed E-state index contributed by atoms with van der Waals surface area (Å²) < 4.78 is 27.1. The third-order valence-electron chi connectivity index (χ3n) is 4.24. The Balaban J connectivity index is 2.26. The molecule has 1 fully saturated rings. The van der Waals surface area contributed by atoms with Gasteiger partial charge in [0.1, 0.15) is 0 Å². The van der Waals surface area contributed by atoms with Crippen LogP contribution in [0.2, 0.25) is 0 Å². The maximum Gasteiger partial charge on any atom is 0.243 e. The largest absolute Gasteiger partial charge is 0.298 e. The topological polar surface area (TPSA) is 40.6 Å². The van der Waals surface area contributed by atoms with Crippen LogP contribution in [0.15, 0.2) is 23.1 Å². The molecule has 0 amide bonds.